The first kappa shape index (κ1) is 13.8. The molecule has 0 radical (unpaired) electrons. The second kappa shape index (κ2) is 5.58. The summed E-state index contributed by atoms with van der Waals surface area (Å²) in [6.07, 6.45) is 0.523. The minimum atomic E-state index is -2.94. The topological polar surface area (TPSA) is 76.1 Å². The summed E-state index contributed by atoms with van der Waals surface area (Å²) in [6.45, 7) is 1.91. The molecule has 1 N–H and O–H groups in total. The number of carbonyl (C=O) groups is 1. The number of rotatable bonds is 4. The van der Waals surface area contributed by atoms with Crippen LogP contribution in [0.3, 0.4) is 0 Å². The summed E-state index contributed by atoms with van der Waals surface area (Å²) in [6, 6.07) is -0.221. The van der Waals surface area contributed by atoms with Crippen LogP contribution in [0.4, 0.5) is 0 Å². The molecule has 8 heteroatoms. The van der Waals surface area contributed by atoms with E-state index in [1.165, 1.54) is 23.1 Å². The average Bonchev–Trinajstić information content (AvgIpc) is 2.82. The molecule has 0 saturated carbocycles. The summed E-state index contributed by atoms with van der Waals surface area (Å²) in [4.78, 5) is 15.9. The molecule has 1 aliphatic rings. The molecule has 18 heavy (non-hydrogen) atoms. The molecule has 1 aromatic heterocycles. The number of thiazole rings is 1. The van der Waals surface area contributed by atoms with Gasteiger partial charge in [0.1, 0.15) is 0 Å². The minimum Gasteiger partial charge on any atom is -0.352 e. The van der Waals surface area contributed by atoms with Crippen molar-refractivity contribution >= 4 is 38.8 Å². The highest BCUT2D eigenvalue weighted by atomic mass is 32.2. The van der Waals surface area contributed by atoms with Crippen LogP contribution in [-0.4, -0.2) is 42.6 Å². The third kappa shape index (κ3) is 3.96. The lowest BCUT2D eigenvalue weighted by atomic mass is 10.3. The monoisotopic (exact) mass is 306 g/mol. The molecular formula is C10H14N2O3S3. The maximum Gasteiger partial charge on any atom is 0.230 e. The van der Waals surface area contributed by atoms with Crippen molar-refractivity contribution in [1.29, 1.82) is 0 Å². The Hall–Kier alpha value is -0.600. The zero-order valence-corrected chi connectivity index (χ0v) is 12.3. The molecule has 1 amide bonds. The third-order valence-electron chi connectivity index (χ3n) is 2.52. The van der Waals surface area contributed by atoms with Gasteiger partial charge in [-0.15, -0.1) is 11.3 Å². The van der Waals surface area contributed by atoms with Crippen LogP contribution in [0, 0.1) is 6.92 Å². The van der Waals surface area contributed by atoms with Gasteiger partial charge in [0.25, 0.3) is 0 Å². The number of nitrogens with one attached hydrogen (secondary N) is 1. The van der Waals surface area contributed by atoms with Gasteiger partial charge in [-0.25, -0.2) is 13.4 Å². The van der Waals surface area contributed by atoms with Crippen molar-refractivity contribution in [1.82, 2.24) is 10.3 Å². The molecule has 1 fully saturated rings. The average molecular weight is 306 g/mol. The fraction of sp³-hybridized carbons (Fsp3) is 0.600. The van der Waals surface area contributed by atoms with Gasteiger partial charge in [-0.1, -0.05) is 11.8 Å². The maximum absolute atomic E-state index is 11.6. The number of aromatic nitrogens is 1. The highest BCUT2D eigenvalue weighted by molar-refractivity contribution is 8.01. The number of nitrogens with zero attached hydrogens (tertiary/aromatic N) is 1. The Bertz CT molecular complexity index is 538. The second-order valence-corrected chi connectivity index (χ2v) is 8.52. The molecular weight excluding hydrogens is 292 g/mol. The Morgan fingerprint density at radius 2 is 2.44 bits per heavy atom. The molecule has 0 unspecified atom stereocenters. The van der Waals surface area contributed by atoms with E-state index in [0.29, 0.717) is 6.42 Å². The Balaban J connectivity index is 1.76. The summed E-state index contributed by atoms with van der Waals surface area (Å²) >= 11 is 2.89. The van der Waals surface area contributed by atoms with Gasteiger partial charge in [0.2, 0.25) is 5.91 Å². The molecule has 0 bridgehead atoms. The lowest BCUT2D eigenvalue weighted by Gasteiger charge is -2.09. The maximum atomic E-state index is 11.6. The van der Waals surface area contributed by atoms with E-state index in [-0.39, 0.29) is 29.2 Å². The summed E-state index contributed by atoms with van der Waals surface area (Å²) in [7, 11) is -2.94. The molecule has 1 saturated heterocycles. The number of hydrogen-bond acceptors (Lipinski definition) is 6. The normalized spacial score (nSPS) is 21.9. The van der Waals surface area contributed by atoms with Crippen molar-refractivity contribution in [3.05, 3.63) is 11.1 Å². The Morgan fingerprint density at radius 1 is 1.67 bits per heavy atom. The number of thioether (sulfide) groups is 1. The van der Waals surface area contributed by atoms with Crippen LogP contribution in [0.25, 0.3) is 0 Å². The molecule has 0 aliphatic carbocycles. The summed E-state index contributed by atoms with van der Waals surface area (Å²) in [5.74, 6) is 0.398. The molecule has 1 atom stereocenters. The summed E-state index contributed by atoms with van der Waals surface area (Å²) in [5, 5.41) is 4.68. The molecule has 5 nitrogen and oxygen atoms in total. The predicted molar refractivity (Wildman–Crippen MR) is 72.8 cm³/mol. The van der Waals surface area contributed by atoms with Crippen molar-refractivity contribution in [2.24, 2.45) is 0 Å². The van der Waals surface area contributed by atoms with Gasteiger partial charge in [0, 0.05) is 17.1 Å². The molecule has 1 aromatic rings. The largest absolute Gasteiger partial charge is 0.352 e. The minimum absolute atomic E-state index is 0.0692. The van der Waals surface area contributed by atoms with Crippen LogP contribution < -0.4 is 5.32 Å². The van der Waals surface area contributed by atoms with Crippen LogP contribution in [0.15, 0.2) is 9.72 Å². The zero-order chi connectivity index (χ0) is 13.2. The number of aryl methyl sites for hydroxylation is 1. The number of sulfone groups is 1. The van der Waals surface area contributed by atoms with E-state index in [1.807, 2.05) is 12.3 Å². The number of carbonyl (C=O) groups excluding carboxylic acids is 1. The summed E-state index contributed by atoms with van der Waals surface area (Å²) < 4.78 is 23.3. The Morgan fingerprint density at radius 3 is 3.00 bits per heavy atom. The van der Waals surface area contributed by atoms with E-state index in [1.54, 1.807) is 0 Å². The van der Waals surface area contributed by atoms with Gasteiger partial charge >= 0.3 is 0 Å². The second-order valence-electron chi connectivity index (χ2n) is 4.21. The van der Waals surface area contributed by atoms with Crippen molar-refractivity contribution < 1.29 is 13.2 Å². The molecule has 2 rings (SSSR count). The van der Waals surface area contributed by atoms with Crippen LogP contribution in [0.5, 0.6) is 0 Å². The predicted octanol–water partition coefficient (Wildman–Crippen LogP) is 0.847. The first-order chi connectivity index (χ1) is 8.44. The smallest absolute Gasteiger partial charge is 0.230 e. The number of hydrogen-bond donors (Lipinski definition) is 1. The van der Waals surface area contributed by atoms with Crippen LogP contribution in [0.1, 0.15) is 12.1 Å². The van der Waals surface area contributed by atoms with E-state index < -0.39 is 9.84 Å². The zero-order valence-electron chi connectivity index (χ0n) is 9.88. The van der Waals surface area contributed by atoms with Crippen LogP contribution in [0.2, 0.25) is 0 Å². The van der Waals surface area contributed by atoms with Gasteiger partial charge in [-0.3, -0.25) is 4.79 Å². The molecule has 100 valence electrons. The van der Waals surface area contributed by atoms with Crippen molar-refractivity contribution in [2.75, 3.05) is 17.3 Å². The van der Waals surface area contributed by atoms with E-state index in [9.17, 15) is 13.2 Å². The van der Waals surface area contributed by atoms with Crippen LogP contribution >= 0.6 is 23.1 Å². The van der Waals surface area contributed by atoms with Crippen molar-refractivity contribution in [3.63, 3.8) is 0 Å². The lowest BCUT2D eigenvalue weighted by Crippen LogP contribution is -2.36. The highest BCUT2D eigenvalue weighted by Crippen LogP contribution is 2.22. The molecule has 0 aromatic carbocycles. The fourth-order valence-electron chi connectivity index (χ4n) is 1.70. The first-order valence-corrected chi connectivity index (χ1v) is 9.18. The number of amides is 1. The SMILES string of the molecule is Cc1csc(SCC(=O)N[C@H]2CCS(=O)(=O)C2)n1. The van der Waals surface area contributed by atoms with E-state index >= 15 is 0 Å². The third-order valence-corrected chi connectivity index (χ3v) is 6.43. The molecule has 2 heterocycles. The standard InChI is InChI=1S/C10H14N2O3S3/c1-7-4-16-10(11-7)17-5-9(13)12-8-2-3-18(14,15)6-8/h4,8H,2-3,5-6H2,1H3,(H,12,13)/t8-/m0/s1. The molecule has 0 spiro atoms. The first-order valence-electron chi connectivity index (χ1n) is 5.49. The summed E-state index contributed by atoms with van der Waals surface area (Å²) in [5.41, 5.74) is 0.949. The molecule has 1 aliphatic heterocycles. The van der Waals surface area contributed by atoms with E-state index in [2.05, 4.69) is 10.3 Å². The highest BCUT2D eigenvalue weighted by Gasteiger charge is 2.28. The van der Waals surface area contributed by atoms with Crippen molar-refractivity contribution in [3.8, 4) is 0 Å². The van der Waals surface area contributed by atoms with E-state index in [0.717, 1.165) is 10.0 Å². The quantitative estimate of drug-likeness (QED) is 0.835. The van der Waals surface area contributed by atoms with Gasteiger partial charge in [-0.05, 0) is 13.3 Å². The van der Waals surface area contributed by atoms with Gasteiger partial charge < -0.3 is 5.32 Å². The Kier molecular flexibility index (Phi) is 4.29. The van der Waals surface area contributed by atoms with E-state index in [4.69, 9.17) is 0 Å². The van der Waals surface area contributed by atoms with Crippen molar-refractivity contribution in [2.45, 2.75) is 23.7 Å². The van der Waals surface area contributed by atoms with Gasteiger partial charge in [0.05, 0.1) is 17.3 Å². The lowest BCUT2D eigenvalue weighted by molar-refractivity contribution is -0.119. The van der Waals surface area contributed by atoms with Crippen LogP contribution in [-0.2, 0) is 14.6 Å². The van der Waals surface area contributed by atoms with Gasteiger partial charge in [-0.2, -0.15) is 0 Å². The fourth-order valence-corrected chi connectivity index (χ4v) is 5.04. The van der Waals surface area contributed by atoms with Gasteiger partial charge in [0.15, 0.2) is 14.2 Å². The Labute approximate surface area is 114 Å².